The SMILES string of the molecule is Clc1ncn(C2CCCC2)c2ncnc1-2. The van der Waals surface area contributed by atoms with Gasteiger partial charge in [0.05, 0.1) is 6.33 Å². The predicted molar refractivity (Wildman–Crippen MR) is 57.0 cm³/mol. The molecule has 0 unspecified atom stereocenters. The highest BCUT2D eigenvalue weighted by Gasteiger charge is 2.23. The van der Waals surface area contributed by atoms with E-state index in [9.17, 15) is 0 Å². The highest BCUT2D eigenvalue weighted by Crippen LogP contribution is 2.34. The van der Waals surface area contributed by atoms with Crippen molar-refractivity contribution >= 4 is 11.6 Å². The fourth-order valence-corrected chi connectivity index (χ4v) is 2.45. The summed E-state index contributed by atoms with van der Waals surface area (Å²) in [6, 6.07) is 0.522. The Balaban J connectivity index is 2.11. The third-order valence-corrected chi connectivity index (χ3v) is 3.31. The normalized spacial score (nSPS) is 17.7. The Bertz CT molecular complexity index is 447. The molecule has 0 radical (unpaired) electrons. The van der Waals surface area contributed by atoms with E-state index in [2.05, 4.69) is 19.5 Å². The first kappa shape index (κ1) is 9.09. The van der Waals surface area contributed by atoms with Crippen molar-refractivity contribution in [2.24, 2.45) is 0 Å². The number of imidazole rings is 1. The molecule has 0 spiro atoms. The van der Waals surface area contributed by atoms with Crippen LogP contribution < -0.4 is 0 Å². The average molecular weight is 223 g/mol. The van der Waals surface area contributed by atoms with Crippen LogP contribution in [0.1, 0.15) is 31.7 Å². The number of hydrogen-bond donors (Lipinski definition) is 0. The summed E-state index contributed by atoms with van der Waals surface area (Å²) in [5.74, 6) is 0.863. The van der Waals surface area contributed by atoms with E-state index in [-0.39, 0.29) is 0 Å². The monoisotopic (exact) mass is 222 g/mol. The average Bonchev–Trinajstić information content (AvgIpc) is 2.88. The van der Waals surface area contributed by atoms with E-state index < -0.39 is 0 Å². The standard InChI is InChI=1S/C10H11ClN4/c11-9-8-10(13-5-12-8)15(6-14-9)7-3-1-2-4-7/h5-7H,1-4H2. The van der Waals surface area contributed by atoms with E-state index in [1.807, 2.05) is 0 Å². The molecule has 1 fully saturated rings. The van der Waals surface area contributed by atoms with Crippen LogP contribution in [-0.2, 0) is 0 Å². The molecule has 3 aliphatic rings. The van der Waals surface area contributed by atoms with E-state index in [0.717, 1.165) is 5.82 Å². The van der Waals surface area contributed by atoms with Crippen LogP contribution in [0.2, 0.25) is 5.15 Å². The number of halogens is 1. The molecule has 0 saturated heterocycles. The molecular weight excluding hydrogens is 212 g/mol. The predicted octanol–water partition coefficient (Wildman–Crippen LogP) is 2.55. The second-order valence-corrected chi connectivity index (χ2v) is 4.28. The topological polar surface area (TPSA) is 43.6 Å². The summed E-state index contributed by atoms with van der Waals surface area (Å²) >= 11 is 5.95. The first-order valence-corrected chi connectivity index (χ1v) is 5.57. The zero-order valence-corrected chi connectivity index (χ0v) is 8.98. The van der Waals surface area contributed by atoms with Crippen molar-refractivity contribution in [1.82, 2.24) is 19.5 Å². The third kappa shape index (κ3) is 1.40. The molecule has 0 aromatic rings. The lowest BCUT2D eigenvalue weighted by molar-refractivity contribution is 0.509. The van der Waals surface area contributed by atoms with Gasteiger partial charge in [-0.2, -0.15) is 0 Å². The Morgan fingerprint density at radius 2 is 2.00 bits per heavy atom. The van der Waals surface area contributed by atoms with Gasteiger partial charge in [0, 0.05) is 6.04 Å². The van der Waals surface area contributed by atoms with E-state index in [1.54, 1.807) is 12.7 Å². The van der Waals surface area contributed by atoms with Gasteiger partial charge in [0.1, 0.15) is 12.0 Å². The maximum Gasteiger partial charge on any atom is 0.165 e. The van der Waals surface area contributed by atoms with Gasteiger partial charge in [0.2, 0.25) is 0 Å². The molecular formula is C10H11ClN4. The van der Waals surface area contributed by atoms with Crippen LogP contribution in [-0.4, -0.2) is 19.5 Å². The number of aromatic nitrogens is 4. The molecule has 1 saturated carbocycles. The summed E-state index contributed by atoms with van der Waals surface area (Å²) < 4.78 is 2.11. The first-order chi connectivity index (χ1) is 7.36. The van der Waals surface area contributed by atoms with Crippen LogP contribution in [0.25, 0.3) is 11.5 Å². The Hall–Kier alpha value is -1.16. The summed E-state index contributed by atoms with van der Waals surface area (Å²) in [6.07, 6.45) is 8.32. The van der Waals surface area contributed by atoms with E-state index >= 15 is 0 Å². The van der Waals surface area contributed by atoms with Crippen molar-refractivity contribution < 1.29 is 0 Å². The van der Waals surface area contributed by atoms with Gasteiger partial charge in [-0.3, -0.25) is 0 Å². The van der Waals surface area contributed by atoms with Gasteiger partial charge >= 0.3 is 0 Å². The molecule has 2 aliphatic heterocycles. The zero-order chi connectivity index (χ0) is 10.3. The first-order valence-electron chi connectivity index (χ1n) is 5.19. The third-order valence-electron chi connectivity index (χ3n) is 3.03. The Morgan fingerprint density at radius 1 is 1.20 bits per heavy atom. The maximum atomic E-state index is 5.95. The van der Waals surface area contributed by atoms with E-state index in [1.165, 1.54) is 25.7 Å². The molecule has 78 valence electrons. The highest BCUT2D eigenvalue weighted by molar-refractivity contribution is 6.31. The van der Waals surface area contributed by atoms with Crippen LogP contribution in [0.3, 0.4) is 0 Å². The van der Waals surface area contributed by atoms with Crippen molar-refractivity contribution in [3.05, 3.63) is 17.8 Å². The fraction of sp³-hybridized carbons (Fsp3) is 0.500. The van der Waals surface area contributed by atoms with Gasteiger partial charge in [0.25, 0.3) is 0 Å². The lowest BCUT2D eigenvalue weighted by atomic mass is 10.2. The number of hydrogen-bond acceptors (Lipinski definition) is 3. The Kier molecular flexibility index (Phi) is 2.09. The molecule has 0 bridgehead atoms. The van der Waals surface area contributed by atoms with E-state index in [4.69, 9.17) is 11.6 Å². The molecule has 1 aliphatic carbocycles. The number of fused-ring (bicyclic) bond motifs is 1. The summed E-state index contributed by atoms with van der Waals surface area (Å²) in [7, 11) is 0. The van der Waals surface area contributed by atoms with Gasteiger partial charge in [-0.1, -0.05) is 24.4 Å². The van der Waals surface area contributed by atoms with Crippen molar-refractivity contribution in [2.45, 2.75) is 31.7 Å². The van der Waals surface area contributed by atoms with Crippen LogP contribution >= 0.6 is 11.6 Å². The molecule has 3 rings (SSSR count). The van der Waals surface area contributed by atoms with Crippen molar-refractivity contribution in [1.29, 1.82) is 0 Å². The minimum atomic E-state index is 0.441. The fourth-order valence-electron chi connectivity index (χ4n) is 2.27. The second-order valence-electron chi connectivity index (χ2n) is 3.93. The molecule has 5 heteroatoms. The smallest absolute Gasteiger partial charge is 0.165 e. The summed E-state index contributed by atoms with van der Waals surface area (Å²) in [5.41, 5.74) is 0.714. The van der Waals surface area contributed by atoms with Crippen LogP contribution in [0.15, 0.2) is 12.7 Å². The van der Waals surface area contributed by atoms with Gasteiger partial charge < -0.3 is 4.57 Å². The van der Waals surface area contributed by atoms with Crippen LogP contribution in [0.5, 0.6) is 0 Å². The largest absolute Gasteiger partial charge is 0.312 e. The molecule has 0 amide bonds. The van der Waals surface area contributed by atoms with Crippen molar-refractivity contribution in [2.75, 3.05) is 0 Å². The number of nitrogens with zero attached hydrogens (tertiary/aromatic N) is 4. The van der Waals surface area contributed by atoms with Crippen molar-refractivity contribution in [3.63, 3.8) is 0 Å². The van der Waals surface area contributed by atoms with E-state index in [0.29, 0.717) is 16.9 Å². The second kappa shape index (κ2) is 3.45. The lowest BCUT2D eigenvalue weighted by Crippen LogP contribution is -2.10. The molecule has 0 atom stereocenters. The minimum Gasteiger partial charge on any atom is -0.312 e. The van der Waals surface area contributed by atoms with Gasteiger partial charge in [-0.05, 0) is 12.8 Å². The minimum absolute atomic E-state index is 0.441. The lowest BCUT2D eigenvalue weighted by Gasteiger charge is -2.16. The van der Waals surface area contributed by atoms with Gasteiger partial charge in [-0.25, -0.2) is 15.0 Å². The molecule has 15 heavy (non-hydrogen) atoms. The Labute approximate surface area is 92.7 Å². The summed E-state index contributed by atoms with van der Waals surface area (Å²) in [6.45, 7) is 0. The molecule has 2 heterocycles. The molecule has 0 aromatic carbocycles. The van der Waals surface area contributed by atoms with Gasteiger partial charge in [0.15, 0.2) is 11.0 Å². The Morgan fingerprint density at radius 3 is 2.80 bits per heavy atom. The summed E-state index contributed by atoms with van der Waals surface area (Å²) in [5, 5.41) is 0.441. The number of rotatable bonds is 1. The van der Waals surface area contributed by atoms with Crippen molar-refractivity contribution in [3.8, 4) is 11.5 Å². The summed E-state index contributed by atoms with van der Waals surface area (Å²) in [4.78, 5) is 12.5. The quantitative estimate of drug-likeness (QED) is 0.697. The highest BCUT2D eigenvalue weighted by atomic mass is 35.5. The van der Waals surface area contributed by atoms with Crippen LogP contribution in [0, 0.1) is 0 Å². The molecule has 4 nitrogen and oxygen atoms in total. The van der Waals surface area contributed by atoms with Gasteiger partial charge in [-0.15, -0.1) is 0 Å². The van der Waals surface area contributed by atoms with Crippen LogP contribution in [0.4, 0.5) is 0 Å². The zero-order valence-electron chi connectivity index (χ0n) is 8.23. The molecule has 0 aromatic heterocycles. The maximum absolute atomic E-state index is 5.95. The molecule has 0 N–H and O–H groups in total.